The van der Waals surface area contributed by atoms with E-state index < -0.39 is 6.36 Å². The maximum absolute atomic E-state index is 12.2. The van der Waals surface area contributed by atoms with Gasteiger partial charge in [-0.15, -0.1) is 13.2 Å². The first-order valence-electron chi connectivity index (χ1n) is 9.41. The summed E-state index contributed by atoms with van der Waals surface area (Å²) >= 11 is 0. The summed E-state index contributed by atoms with van der Waals surface area (Å²) in [6.07, 6.45) is -2.52. The zero-order valence-electron chi connectivity index (χ0n) is 16.0. The SMILES string of the molecule is CCNC(=NCC1(CCO)CCOC1)NCCc1ccc(OC(F)(F)F)cc1. The molecule has 3 N–H and O–H groups in total. The fourth-order valence-corrected chi connectivity index (χ4v) is 3.06. The van der Waals surface area contributed by atoms with Crippen LogP contribution in [-0.4, -0.2) is 56.9 Å². The van der Waals surface area contributed by atoms with Gasteiger partial charge < -0.3 is 25.2 Å². The summed E-state index contributed by atoms with van der Waals surface area (Å²) in [5.74, 6) is 0.441. The molecule has 0 radical (unpaired) electrons. The van der Waals surface area contributed by atoms with E-state index in [1.807, 2.05) is 6.92 Å². The molecule has 1 aliphatic heterocycles. The van der Waals surface area contributed by atoms with Crippen molar-refractivity contribution >= 4 is 5.96 Å². The van der Waals surface area contributed by atoms with Crippen molar-refractivity contribution in [3.63, 3.8) is 0 Å². The summed E-state index contributed by atoms with van der Waals surface area (Å²) in [5.41, 5.74) is 0.768. The van der Waals surface area contributed by atoms with Crippen molar-refractivity contribution in [3.05, 3.63) is 29.8 Å². The fraction of sp³-hybridized carbons (Fsp3) is 0.632. The number of aliphatic hydroxyl groups is 1. The molecule has 1 aliphatic rings. The van der Waals surface area contributed by atoms with Crippen LogP contribution in [0.25, 0.3) is 0 Å². The fourth-order valence-electron chi connectivity index (χ4n) is 3.06. The molecule has 158 valence electrons. The molecule has 1 heterocycles. The Morgan fingerprint density at radius 1 is 1.29 bits per heavy atom. The van der Waals surface area contributed by atoms with E-state index in [1.54, 1.807) is 12.1 Å². The van der Waals surface area contributed by atoms with Crippen LogP contribution in [0.15, 0.2) is 29.3 Å². The van der Waals surface area contributed by atoms with Gasteiger partial charge in [0, 0.05) is 31.7 Å². The van der Waals surface area contributed by atoms with E-state index in [1.165, 1.54) is 12.1 Å². The van der Waals surface area contributed by atoms with Gasteiger partial charge in [0.2, 0.25) is 0 Å². The van der Waals surface area contributed by atoms with E-state index in [-0.39, 0.29) is 17.8 Å². The van der Waals surface area contributed by atoms with Gasteiger partial charge in [-0.05, 0) is 43.9 Å². The van der Waals surface area contributed by atoms with Gasteiger partial charge in [-0.25, -0.2) is 0 Å². The van der Waals surface area contributed by atoms with Crippen LogP contribution in [0.3, 0.4) is 0 Å². The largest absolute Gasteiger partial charge is 0.573 e. The second-order valence-corrected chi connectivity index (χ2v) is 6.84. The van der Waals surface area contributed by atoms with E-state index in [9.17, 15) is 18.3 Å². The van der Waals surface area contributed by atoms with Gasteiger partial charge in [0.05, 0.1) is 13.2 Å². The Kier molecular flexibility index (Phi) is 8.37. The quantitative estimate of drug-likeness (QED) is 0.436. The molecule has 0 aromatic heterocycles. The normalized spacial score (nSPS) is 20.2. The van der Waals surface area contributed by atoms with Gasteiger partial charge >= 0.3 is 6.36 Å². The lowest BCUT2D eigenvalue weighted by molar-refractivity contribution is -0.274. The van der Waals surface area contributed by atoms with Crippen molar-refractivity contribution < 1.29 is 27.8 Å². The molecule has 0 saturated carbocycles. The van der Waals surface area contributed by atoms with Crippen LogP contribution in [0, 0.1) is 5.41 Å². The molecule has 6 nitrogen and oxygen atoms in total. The van der Waals surface area contributed by atoms with Gasteiger partial charge in [-0.3, -0.25) is 4.99 Å². The van der Waals surface area contributed by atoms with Crippen molar-refractivity contribution in [1.29, 1.82) is 0 Å². The van der Waals surface area contributed by atoms with Crippen molar-refractivity contribution in [2.24, 2.45) is 10.4 Å². The van der Waals surface area contributed by atoms with E-state index in [2.05, 4.69) is 20.4 Å². The van der Waals surface area contributed by atoms with Gasteiger partial charge in [0.25, 0.3) is 0 Å². The van der Waals surface area contributed by atoms with Gasteiger partial charge in [0.1, 0.15) is 5.75 Å². The first kappa shape index (κ1) is 22.3. The zero-order chi connectivity index (χ0) is 20.5. The van der Waals surface area contributed by atoms with E-state index in [4.69, 9.17) is 4.74 Å². The number of hydrogen-bond acceptors (Lipinski definition) is 4. The number of rotatable bonds is 9. The van der Waals surface area contributed by atoms with Crippen LogP contribution in [0.2, 0.25) is 0 Å². The second kappa shape index (κ2) is 10.5. The molecule has 1 unspecified atom stereocenters. The van der Waals surface area contributed by atoms with Crippen molar-refractivity contribution in [3.8, 4) is 5.75 Å². The Morgan fingerprint density at radius 3 is 2.61 bits per heavy atom. The maximum atomic E-state index is 12.2. The van der Waals surface area contributed by atoms with Gasteiger partial charge in [-0.1, -0.05) is 12.1 Å². The van der Waals surface area contributed by atoms with Crippen LogP contribution in [0.1, 0.15) is 25.3 Å². The minimum Gasteiger partial charge on any atom is -0.406 e. The van der Waals surface area contributed by atoms with Gasteiger partial charge in [0.15, 0.2) is 5.96 Å². The third kappa shape index (κ3) is 7.55. The Morgan fingerprint density at radius 2 is 2.04 bits per heavy atom. The lowest BCUT2D eigenvalue weighted by Gasteiger charge is -2.24. The molecule has 0 spiro atoms. The molecule has 1 aromatic carbocycles. The number of hydrogen-bond donors (Lipinski definition) is 3. The summed E-state index contributed by atoms with van der Waals surface area (Å²) < 4.78 is 45.9. The highest BCUT2D eigenvalue weighted by Gasteiger charge is 2.34. The van der Waals surface area contributed by atoms with Gasteiger partial charge in [-0.2, -0.15) is 0 Å². The predicted molar refractivity (Wildman–Crippen MR) is 100 cm³/mol. The number of alkyl halides is 3. The average Bonchev–Trinajstić information content (AvgIpc) is 3.09. The van der Waals surface area contributed by atoms with Crippen LogP contribution < -0.4 is 15.4 Å². The minimum atomic E-state index is -4.68. The highest BCUT2D eigenvalue weighted by molar-refractivity contribution is 5.79. The number of aliphatic hydroxyl groups excluding tert-OH is 1. The molecule has 28 heavy (non-hydrogen) atoms. The monoisotopic (exact) mass is 403 g/mol. The van der Waals surface area contributed by atoms with Crippen LogP contribution in [0.5, 0.6) is 5.75 Å². The smallest absolute Gasteiger partial charge is 0.406 e. The van der Waals surface area contributed by atoms with Crippen LogP contribution in [0.4, 0.5) is 13.2 Å². The molecule has 1 fully saturated rings. The molecule has 1 atom stereocenters. The lowest BCUT2D eigenvalue weighted by atomic mass is 9.84. The number of halogens is 3. The molecule has 0 bridgehead atoms. The number of aliphatic imine (C=N–C) groups is 1. The van der Waals surface area contributed by atoms with E-state index in [0.29, 0.717) is 51.6 Å². The Hall–Kier alpha value is -2.00. The van der Waals surface area contributed by atoms with E-state index >= 15 is 0 Å². The summed E-state index contributed by atoms with van der Waals surface area (Å²) in [4.78, 5) is 4.63. The molecule has 2 rings (SSSR count). The predicted octanol–water partition coefficient (Wildman–Crippen LogP) is 2.47. The van der Waals surface area contributed by atoms with Crippen molar-refractivity contribution in [2.45, 2.75) is 32.5 Å². The second-order valence-electron chi connectivity index (χ2n) is 6.84. The standard InChI is InChI=1S/C19H28F3N3O3/c1-2-23-17(25-13-18(8-11-26)9-12-27-14-18)24-10-7-15-3-5-16(6-4-15)28-19(20,21)22/h3-6,26H,2,7-14H2,1H3,(H2,23,24,25). The van der Waals surface area contributed by atoms with Crippen LogP contribution in [-0.2, 0) is 11.2 Å². The number of guanidine groups is 1. The maximum Gasteiger partial charge on any atom is 0.573 e. The summed E-state index contributed by atoms with van der Waals surface area (Å²) in [6.45, 7) is 5.21. The molecule has 1 saturated heterocycles. The number of benzene rings is 1. The Labute approximate surface area is 163 Å². The molecular formula is C19H28F3N3O3. The first-order valence-corrected chi connectivity index (χ1v) is 9.41. The minimum absolute atomic E-state index is 0.108. The summed E-state index contributed by atoms with van der Waals surface area (Å²) in [6, 6.07) is 5.83. The molecule has 0 aliphatic carbocycles. The first-order chi connectivity index (χ1) is 13.4. The van der Waals surface area contributed by atoms with Crippen LogP contribution >= 0.6 is 0 Å². The Bertz CT molecular complexity index is 615. The third-order valence-corrected chi connectivity index (χ3v) is 4.61. The number of ether oxygens (including phenoxy) is 2. The summed E-state index contributed by atoms with van der Waals surface area (Å²) in [7, 11) is 0. The molecular weight excluding hydrogens is 375 g/mol. The number of nitrogens with one attached hydrogen (secondary N) is 2. The number of nitrogens with zero attached hydrogens (tertiary/aromatic N) is 1. The van der Waals surface area contributed by atoms with Crippen molar-refractivity contribution in [1.82, 2.24) is 10.6 Å². The molecule has 9 heteroatoms. The lowest BCUT2D eigenvalue weighted by Crippen LogP contribution is -2.39. The van der Waals surface area contributed by atoms with E-state index in [0.717, 1.165) is 12.0 Å². The average molecular weight is 403 g/mol. The highest BCUT2D eigenvalue weighted by atomic mass is 19.4. The Balaban J connectivity index is 1.85. The van der Waals surface area contributed by atoms with Crippen molar-refractivity contribution in [2.75, 3.05) is 39.5 Å². The molecule has 0 amide bonds. The third-order valence-electron chi connectivity index (χ3n) is 4.61. The summed E-state index contributed by atoms with van der Waals surface area (Å²) in [5, 5.41) is 15.7. The zero-order valence-corrected chi connectivity index (χ0v) is 16.0. The highest BCUT2D eigenvalue weighted by Crippen LogP contribution is 2.32. The topological polar surface area (TPSA) is 75.1 Å². The molecule has 1 aromatic rings.